The predicted molar refractivity (Wildman–Crippen MR) is 83.6 cm³/mol. The molecule has 1 aliphatic rings. The SMILES string of the molecule is CC1(C)C(C)(C)C(C)(C)C(C)(Cl)C(C)(Cl)C1(C)C. The van der Waals surface area contributed by atoms with E-state index in [2.05, 4.69) is 69.2 Å². The van der Waals surface area contributed by atoms with Gasteiger partial charge in [-0.15, -0.1) is 23.2 Å². The van der Waals surface area contributed by atoms with Crippen LogP contribution in [0.3, 0.4) is 0 Å². The van der Waals surface area contributed by atoms with E-state index in [1.165, 1.54) is 0 Å². The summed E-state index contributed by atoms with van der Waals surface area (Å²) in [4.78, 5) is -0.936. The van der Waals surface area contributed by atoms with Gasteiger partial charge in [0.2, 0.25) is 0 Å². The highest BCUT2D eigenvalue weighted by atomic mass is 35.5. The van der Waals surface area contributed by atoms with Crippen LogP contribution in [0.1, 0.15) is 69.2 Å². The Morgan fingerprint density at radius 3 is 0.722 bits per heavy atom. The van der Waals surface area contributed by atoms with E-state index in [4.69, 9.17) is 23.2 Å². The lowest BCUT2D eigenvalue weighted by atomic mass is 9.35. The van der Waals surface area contributed by atoms with Crippen molar-refractivity contribution >= 4 is 23.2 Å². The molecule has 108 valence electrons. The molecular formula is C16H30Cl2. The highest BCUT2D eigenvalue weighted by molar-refractivity contribution is 6.35. The van der Waals surface area contributed by atoms with E-state index in [1.807, 2.05) is 0 Å². The summed E-state index contributed by atoms with van der Waals surface area (Å²) in [7, 11) is 0. The molecule has 1 aliphatic carbocycles. The van der Waals surface area contributed by atoms with E-state index in [9.17, 15) is 0 Å². The maximum atomic E-state index is 7.02. The molecule has 0 radical (unpaired) electrons. The molecule has 1 rings (SSSR count). The van der Waals surface area contributed by atoms with Crippen molar-refractivity contribution in [3.05, 3.63) is 0 Å². The summed E-state index contributed by atoms with van der Waals surface area (Å²) in [5.74, 6) is 0. The lowest BCUT2D eigenvalue weighted by Gasteiger charge is -2.74. The minimum Gasteiger partial charge on any atom is -0.117 e. The van der Waals surface area contributed by atoms with E-state index in [0.717, 1.165) is 0 Å². The molecule has 0 nitrogen and oxygen atoms in total. The van der Waals surface area contributed by atoms with Gasteiger partial charge in [0.15, 0.2) is 0 Å². The number of alkyl halides is 2. The van der Waals surface area contributed by atoms with Crippen LogP contribution in [0.4, 0.5) is 0 Å². The predicted octanol–water partition coefficient (Wildman–Crippen LogP) is 6.10. The minimum absolute atomic E-state index is 0.0723. The van der Waals surface area contributed by atoms with Crippen molar-refractivity contribution in [2.45, 2.75) is 79.0 Å². The first-order valence-electron chi connectivity index (χ1n) is 6.88. The Bertz CT molecular complexity index is 240. The Morgan fingerprint density at radius 1 is 0.389 bits per heavy atom. The molecule has 1 saturated carbocycles. The van der Waals surface area contributed by atoms with Crippen LogP contribution in [0, 0.1) is 21.7 Å². The second-order valence-electron chi connectivity index (χ2n) is 8.51. The fraction of sp³-hybridized carbons (Fsp3) is 1.00. The highest BCUT2D eigenvalue weighted by Gasteiger charge is 2.74. The van der Waals surface area contributed by atoms with Crippen molar-refractivity contribution in [2.75, 3.05) is 0 Å². The van der Waals surface area contributed by atoms with Gasteiger partial charge in [-0.05, 0) is 35.5 Å². The molecule has 18 heavy (non-hydrogen) atoms. The molecule has 1 fully saturated rings. The zero-order valence-electron chi connectivity index (χ0n) is 13.8. The summed E-state index contributed by atoms with van der Waals surface area (Å²) in [6.07, 6.45) is 0. The van der Waals surface area contributed by atoms with Crippen LogP contribution < -0.4 is 0 Å². The molecule has 0 spiro atoms. The van der Waals surface area contributed by atoms with E-state index in [-0.39, 0.29) is 21.7 Å². The topological polar surface area (TPSA) is 0 Å². The summed E-state index contributed by atoms with van der Waals surface area (Å²) in [5, 5.41) is 0. The van der Waals surface area contributed by atoms with Crippen molar-refractivity contribution in [3.63, 3.8) is 0 Å². The molecule has 0 aromatic rings. The van der Waals surface area contributed by atoms with Gasteiger partial charge in [-0.1, -0.05) is 55.4 Å². The third kappa shape index (κ3) is 1.35. The molecule has 0 aromatic heterocycles. The Hall–Kier alpha value is 0.580. The van der Waals surface area contributed by atoms with Crippen LogP contribution in [0.5, 0.6) is 0 Å². The zero-order chi connectivity index (χ0) is 15.0. The Morgan fingerprint density at radius 2 is 0.556 bits per heavy atom. The monoisotopic (exact) mass is 292 g/mol. The van der Waals surface area contributed by atoms with Gasteiger partial charge in [-0.2, -0.15) is 0 Å². The third-order valence-corrected chi connectivity index (χ3v) is 9.71. The molecule has 0 aromatic carbocycles. The quantitative estimate of drug-likeness (QED) is 0.473. The second-order valence-corrected chi connectivity index (χ2v) is 10.0. The van der Waals surface area contributed by atoms with Crippen LogP contribution in [0.2, 0.25) is 0 Å². The van der Waals surface area contributed by atoms with Crippen molar-refractivity contribution in [1.82, 2.24) is 0 Å². The van der Waals surface area contributed by atoms with E-state index in [0.29, 0.717) is 0 Å². The molecule has 2 heteroatoms. The van der Waals surface area contributed by atoms with Gasteiger partial charge < -0.3 is 0 Å². The average Bonchev–Trinajstić information content (AvgIpc) is 2.14. The summed E-state index contributed by atoms with van der Waals surface area (Å²) in [6.45, 7) is 22.6. The minimum atomic E-state index is -0.468. The molecule has 0 amide bonds. The first-order chi connectivity index (χ1) is 7.50. The molecule has 0 saturated heterocycles. The van der Waals surface area contributed by atoms with Crippen LogP contribution in [-0.2, 0) is 0 Å². The molecule has 0 N–H and O–H groups in total. The Kier molecular flexibility index (Phi) is 3.34. The molecule has 0 heterocycles. The van der Waals surface area contributed by atoms with Crippen LogP contribution in [-0.4, -0.2) is 9.75 Å². The van der Waals surface area contributed by atoms with Crippen LogP contribution in [0.15, 0.2) is 0 Å². The maximum absolute atomic E-state index is 7.02. The fourth-order valence-electron chi connectivity index (χ4n) is 3.91. The number of rotatable bonds is 0. The van der Waals surface area contributed by atoms with Gasteiger partial charge in [0.1, 0.15) is 0 Å². The molecule has 0 aliphatic heterocycles. The largest absolute Gasteiger partial charge is 0.117 e. The van der Waals surface area contributed by atoms with Gasteiger partial charge in [-0.3, -0.25) is 0 Å². The smallest absolute Gasteiger partial charge is 0.0668 e. The second kappa shape index (κ2) is 3.61. The van der Waals surface area contributed by atoms with Crippen molar-refractivity contribution in [3.8, 4) is 0 Å². The number of hydrogen-bond donors (Lipinski definition) is 0. The van der Waals surface area contributed by atoms with Crippen molar-refractivity contribution < 1.29 is 0 Å². The maximum Gasteiger partial charge on any atom is 0.0668 e. The summed E-state index contributed by atoms with van der Waals surface area (Å²) in [6, 6.07) is 0. The van der Waals surface area contributed by atoms with E-state index >= 15 is 0 Å². The average molecular weight is 293 g/mol. The van der Waals surface area contributed by atoms with Crippen LogP contribution >= 0.6 is 23.2 Å². The molecular weight excluding hydrogens is 263 g/mol. The summed E-state index contributed by atoms with van der Waals surface area (Å²) in [5.41, 5.74) is 0.0109. The first kappa shape index (κ1) is 16.6. The fourth-order valence-corrected chi connectivity index (χ4v) is 4.85. The third-order valence-electron chi connectivity index (χ3n) is 7.92. The van der Waals surface area contributed by atoms with Gasteiger partial charge >= 0.3 is 0 Å². The highest BCUT2D eigenvalue weighted by Crippen LogP contribution is 2.75. The van der Waals surface area contributed by atoms with Crippen LogP contribution in [0.25, 0.3) is 0 Å². The van der Waals surface area contributed by atoms with Gasteiger partial charge in [0.25, 0.3) is 0 Å². The zero-order valence-corrected chi connectivity index (χ0v) is 15.3. The van der Waals surface area contributed by atoms with Gasteiger partial charge in [-0.25, -0.2) is 0 Å². The van der Waals surface area contributed by atoms with Crippen molar-refractivity contribution in [1.29, 1.82) is 0 Å². The Labute approximate surface area is 124 Å². The first-order valence-corrected chi connectivity index (χ1v) is 7.63. The number of halogens is 2. The normalized spacial score (nSPS) is 44.7. The van der Waals surface area contributed by atoms with Crippen molar-refractivity contribution in [2.24, 2.45) is 21.7 Å². The van der Waals surface area contributed by atoms with E-state index < -0.39 is 9.75 Å². The lowest BCUT2D eigenvalue weighted by Crippen LogP contribution is -2.74. The van der Waals surface area contributed by atoms with Gasteiger partial charge in [0, 0.05) is 0 Å². The molecule has 2 atom stereocenters. The van der Waals surface area contributed by atoms with E-state index in [1.54, 1.807) is 0 Å². The molecule has 2 unspecified atom stereocenters. The van der Waals surface area contributed by atoms with Gasteiger partial charge in [0.05, 0.1) is 9.75 Å². The summed E-state index contributed by atoms with van der Waals surface area (Å²) >= 11 is 14.0. The standard InChI is InChI=1S/C16H30Cl2/c1-11(2)12(3,4)14(7,8)16(10,18)15(9,17)13(11,5)6/h1-10H3. The number of hydrogen-bond acceptors (Lipinski definition) is 0. The lowest BCUT2D eigenvalue weighted by molar-refractivity contribution is -0.182. The molecule has 0 bridgehead atoms. The Balaban J connectivity index is 3.72. The summed E-state index contributed by atoms with van der Waals surface area (Å²) < 4.78 is 0.